The fourth-order valence-corrected chi connectivity index (χ4v) is 1.20. The van der Waals surface area contributed by atoms with E-state index in [-0.39, 0.29) is 0 Å². The van der Waals surface area contributed by atoms with E-state index in [1.54, 1.807) is 12.3 Å². The number of rotatable bonds is 2. The summed E-state index contributed by atoms with van der Waals surface area (Å²) in [7, 11) is 0. The van der Waals surface area contributed by atoms with Gasteiger partial charge in [0.2, 0.25) is 0 Å². The number of aromatic nitrogens is 1. The molecule has 2 rings (SSSR count). The van der Waals surface area contributed by atoms with Crippen molar-refractivity contribution in [3.63, 3.8) is 0 Å². The lowest BCUT2D eigenvalue weighted by Gasteiger charge is -2.00. The lowest BCUT2D eigenvalue weighted by Crippen LogP contribution is -1.90. The molecule has 1 heterocycles. The van der Waals surface area contributed by atoms with Crippen LogP contribution in [0.4, 0.5) is 0 Å². The molecule has 1 aromatic heterocycles. The summed E-state index contributed by atoms with van der Waals surface area (Å²) in [4.78, 5) is 14.2. The molecule has 0 spiro atoms. The molecule has 2 aromatic rings. The van der Waals surface area contributed by atoms with Crippen molar-refractivity contribution < 1.29 is 9.53 Å². The predicted octanol–water partition coefficient (Wildman–Crippen LogP) is 1.68. The standard InChI is InChI=1S/C10H6NO2/c12-7-13-10-5-6-11-9-4-2-1-3-8(9)10/h1-6H. The summed E-state index contributed by atoms with van der Waals surface area (Å²) in [5.74, 6) is 0.487. The number of nitrogens with zero attached hydrogens (tertiary/aromatic N) is 1. The Morgan fingerprint density at radius 1 is 1.23 bits per heavy atom. The summed E-state index contributed by atoms with van der Waals surface area (Å²) in [5.41, 5.74) is 0.801. The number of hydrogen-bond donors (Lipinski definition) is 0. The fourth-order valence-electron chi connectivity index (χ4n) is 1.20. The number of ether oxygens (including phenoxy) is 1. The Bertz CT molecular complexity index is 434. The van der Waals surface area contributed by atoms with Gasteiger partial charge in [0, 0.05) is 11.6 Å². The van der Waals surface area contributed by atoms with Crippen LogP contribution < -0.4 is 4.74 Å². The van der Waals surface area contributed by atoms with E-state index in [1.165, 1.54) is 6.47 Å². The Labute approximate surface area is 75.0 Å². The molecule has 13 heavy (non-hydrogen) atoms. The molecule has 1 aromatic carbocycles. The highest BCUT2D eigenvalue weighted by molar-refractivity contribution is 5.85. The van der Waals surface area contributed by atoms with Crippen LogP contribution in [0, 0.1) is 0 Å². The molecule has 1 radical (unpaired) electrons. The van der Waals surface area contributed by atoms with Gasteiger partial charge in [0.25, 0.3) is 0 Å². The first-order chi connectivity index (χ1) is 6.42. The molecule has 0 saturated carbocycles. The van der Waals surface area contributed by atoms with E-state index in [9.17, 15) is 4.79 Å². The van der Waals surface area contributed by atoms with E-state index in [0.717, 1.165) is 10.9 Å². The van der Waals surface area contributed by atoms with E-state index in [1.807, 2.05) is 24.3 Å². The number of carbonyl (C=O) groups excluding carboxylic acids is 1. The molecule has 0 fully saturated rings. The van der Waals surface area contributed by atoms with Crippen molar-refractivity contribution in [1.29, 1.82) is 0 Å². The summed E-state index contributed by atoms with van der Waals surface area (Å²) in [5, 5.41) is 0.813. The van der Waals surface area contributed by atoms with Gasteiger partial charge in [-0.1, -0.05) is 12.1 Å². The molecule has 3 nitrogen and oxygen atoms in total. The van der Waals surface area contributed by atoms with E-state index < -0.39 is 0 Å². The second kappa shape index (κ2) is 3.23. The highest BCUT2D eigenvalue weighted by Crippen LogP contribution is 2.22. The normalized spacial score (nSPS) is 9.85. The van der Waals surface area contributed by atoms with E-state index in [0.29, 0.717) is 5.75 Å². The fraction of sp³-hybridized carbons (Fsp3) is 0. The van der Waals surface area contributed by atoms with Crippen LogP contribution >= 0.6 is 0 Å². The molecular formula is C10H6NO2. The lowest BCUT2D eigenvalue weighted by atomic mass is 10.2. The van der Waals surface area contributed by atoms with Crippen molar-refractivity contribution in [1.82, 2.24) is 4.98 Å². The summed E-state index contributed by atoms with van der Waals surface area (Å²) in [6, 6.07) is 9.07. The first kappa shape index (κ1) is 7.73. The van der Waals surface area contributed by atoms with Crippen LogP contribution in [0.5, 0.6) is 5.75 Å². The Kier molecular flexibility index (Phi) is 1.92. The van der Waals surface area contributed by atoms with Gasteiger partial charge in [-0.05, 0) is 18.2 Å². The minimum absolute atomic E-state index is 0.487. The van der Waals surface area contributed by atoms with Crippen molar-refractivity contribution in [3.05, 3.63) is 36.5 Å². The largest absolute Gasteiger partial charge is 0.423 e. The van der Waals surface area contributed by atoms with Crippen molar-refractivity contribution in [2.24, 2.45) is 0 Å². The monoisotopic (exact) mass is 172 g/mol. The molecule has 63 valence electrons. The van der Waals surface area contributed by atoms with Crippen LogP contribution in [-0.4, -0.2) is 11.5 Å². The van der Waals surface area contributed by atoms with Gasteiger partial charge in [0.15, 0.2) is 0 Å². The van der Waals surface area contributed by atoms with Crippen LogP contribution in [0.3, 0.4) is 0 Å². The van der Waals surface area contributed by atoms with Crippen LogP contribution in [0.2, 0.25) is 0 Å². The minimum Gasteiger partial charge on any atom is -0.417 e. The highest BCUT2D eigenvalue weighted by Gasteiger charge is 2.00. The SMILES string of the molecule is O=[C]Oc1ccnc2ccccc12. The average Bonchev–Trinajstić information content (AvgIpc) is 2.19. The predicted molar refractivity (Wildman–Crippen MR) is 48.1 cm³/mol. The van der Waals surface area contributed by atoms with E-state index in [4.69, 9.17) is 0 Å². The van der Waals surface area contributed by atoms with Crippen molar-refractivity contribution in [2.75, 3.05) is 0 Å². The molecule has 0 aliphatic heterocycles. The third-order valence-electron chi connectivity index (χ3n) is 1.76. The van der Waals surface area contributed by atoms with Crippen LogP contribution in [0.25, 0.3) is 10.9 Å². The van der Waals surface area contributed by atoms with Gasteiger partial charge < -0.3 is 4.74 Å². The zero-order valence-electron chi connectivity index (χ0n) is 6.73. The Balaban J connectivity index is 2.68. The van der Waals surface area contributed by atoms with E-state index in [2.05, 4.69) is 9.72 Å². The second-order valence-corrected chi connectivity index (χ2v) is 2.51. The number of benzene rings is 1. The van der Waals surface area contributed by atoms with Gasteiger partial charge in [0.05, 0.1) is 5.52 Å². The summed E-state index contributed by atoms with van der Waals surface area (Å²) >= 11 is 0. The average molecular weight is 172 g/mol. The summed E-state index contributed by atoms with van der Waals surface area (Å²) in [6.45, 7) is 1.40. The topological polar surface area (TPSA) is 39.2 Å². The number of para-hydroxylation sites is 1. The van der Waals surface area contributed by atoms with Crippen LogP contribution in [0.1, 0.15) is 0 Å². The first-order valence-electron chi connectivity index (χ1n) is 3.79. The number of hydrogen-bond acceptors (Lipinski definition) is 3. The molecule has 0 unspecified atom stereocenters. The third-order valence-corrected chi connectivity index (χ3v) is 1.76. The van der Waals surface area contributed by atoms with E-state index >= 15 is 0 Å². The molecular weight excluding hydrogens is 166 g/mol. The van der Waals surface area contributed by atoms with Gasteiger partial charge in [0.1, 0.15) is 5.75 Å². The van der Waals surface area contributed by atoms with Gasteiger partial charge in [-0.25, -0.2) is 4.79 Å². The highest BCUT2D eigenvalue weighted by atomic mass is 16.5. The maximum atomic E-state index is 10.1. The Hall–Kier alpha value is -1.90. The number of fused-ring (bicyclic) bond motifs is 1. The second-order valence-electron chi connectivity index (χ2n) is 2.51. The summed E-state index contributed by atoms with van der Waals surface area (Å²) in [6.07, 6.45) is 1.59. The number of pyridine rings is 1. The van der Waals surface area contributed by atoms with Crippen LogP contribution in [-0.2, 0) is 4.79 Å². The maximum absolute atomic E-state index is 10.1. The van der Waals surface area contributed by atoms with Crippen LogP contribution in [0.15, 0.2) is 36.5 Å². The molecule has 0 aliphatic rings. The Morgan fingerprint density at radius 3 is 2.92 bits per heavy atom. The minimum atomic E-state index is 0.487. The zero-order valence-corrected chi connectivity index (χ0v) is 6.73. The molecule has 0 N–H and O–H groups in total. The van der Waals surface area contributed by atoms with Gasteiger partial charge in [-0.3, -0.25) is 4.98 Å². The lowest BCUT2D eigenvalue weighted by molar-refractivity contribution is 0.445. The smallest absolute Gasteiger partial charge is 0.417 e. The quantitative estimate of drug-likeness (QED) is 0.691. The van der Waals surface area contributed by atoms with Crippen molar-refractivity contribution >= 4 is 17.4 Å². The zero-order chi connectivity index (χ0) is 9.10. The first-order valence-corrected chi connectivity index (χ1v) is 3.79. The molecule has 0 aliphatic carbocycles. The maximum Gasteiger partial charge on any atom is 0.423 e. The van der Waals surface area contributed by atoms with Crippen molar-refractivity contribution in [3.8, 4) is 5.75 Å². The van der Waals surface area contributed by atoms with Crippen molar-refractivity contribution in [2.45, 2.75) is 0 Å². The molecule has 0 bridgehead atoms. The molecule has 0 amide bonds. The molecule has 0 atom stereocenters. The van der Waals surface area contributed by atoms with Gasteiger partial charge >= 0.3 is 6.47 Å². The molecule has 3 heteroatoms. The third kappa shape index (κ3) is 1.36. The van der Waals surface area contributed by atoms with Gasteiger partial charge in [-0.2, -0.15) is 0 Å². The van der Waals surface area contributed by atoms with Gasteiger partial charge in [-0.15, -0.1) is 0 Å². The molecule has 0 saturated heterocycles. The summed E-state index contributed by atoms with van der Waals surface area (Å²) < 4.78 is 4.67. The Morgan fingerprint density at radius 2 is 2.08 bits per heavy atom.